The summed E-state index contributed by atoms with van der Waals surface area (Å²) in [5, 5.41) is 18.1. The predicted molar refractivity (Wildman–Crippen MR) is 111 cm³/mol. The van der Waals surface area contributed by atoms with Crippen LogP contribution in [0.25, 0.3) is 16.9 Å². The van der Waals surface area contributed by atoms with Gasteiger partial charge in [-0.2, -0.15) is 27.6 Å². The summed E-state index contributed by atoms with van der Waals surface area (Å²) in [5.41, 5.74) is 2.31. The summed E-state index contributed by atoms with van der Waals surface area (Å²) in [7, 11) is -3.86. The average molecular weight is 433 g/mol. The van der Waals surface area contributed by atoms with Crippen LogP contribution in [0, 0.1) is 0 Å². The van der Waals surface area contributed by atoms with Crippen LogP contribution in [0.3, 0.4) is 0 Å². The first kappa shape index (κ1) is 19.4. The van der Waals surface area contributed by atoms with Crippen LogP contribution in [0.1, 0.15) is 31.1 Å². The number of nitrogens with two attached hydrogens (primary N) is 1. The number of nitrogens with one attached hydrogen (secondary N) is 1. The number of aromatic amines is 1. The molecule has 11 nitrogen and oxygen atoms in total. The summed E-state index contributed by atoms with van der Waals surface area (Å²) in [6.45, 7) is 6.13. The average Bonchev–Trinajstić information content (AvgIpc) is 3.31. The van der Waals surface area contributed by atoms with E-state index >= 15 is 0 Å². The molecule has 12 heteroatoms. The number of pyridine rings is 1. The zero-order valence-electron chi connectivity index (χ0n) is 16.8. The summed E-state index contributed by atoms with van der Waals surface area (Å²) in [6, 6.07) is 3.50. The van der Waals surface area contributed by atoms with Gasteiger partial charge in [-0.3, -0.25) is 5.10 Å². The van der Waals surface area contributed by atoms with Crippen molar-refractivity contribution in [3.05, 3.63) is 29.6 Å². The molecule has 2 aliphatic rings. The summed E-state index contributed by atoms with van der Waals surface area (Å²) < 4.78 is 33.2. The van der Waals surface area contributed by atoms with Crippen LogP contribution in [0.2, 0.25) is 0 Å². The summed E-state index contributed by atoms with van der Waals surface area (Å²) in [4.78, 5) is 7.14. The van der Waals surface area contributed by atoms with E-state index in [-0.39, 0.29) is 12.6 Å². The van der Waals surface area contributed by atoms with Crippen molar-refractivity contribution < 1.29 is 13.2 Å². The van der Waals surface area contributed by atoms with Crippen LogP contribution < -0.4 is 10.0 Å². The van der Waals surface area contributed by atoms with Crippen molar-refractivity contribution in [1.29, 1.82) is 0 Å². The Morgan fingerprint density at radius 2 is 2.13 bits per heavy atom. The molecule has 30 heavy (non-hydrogen) atoms. The molecular formula is C18H24N8O3S. The van der Waals surface area contributed by atoms with Gasteiger partial charge >= 0.3 is 0 Å². The fraction of sp³-hybridized carbons (Fsp3) is 0.500. The molecule has 0 radical (unpaired) electrons. The lowest BCUT2D eigenvalue weighted by Crippen LogP contribution is -2.44. The molecule has 2 atom stereocenters. The van der Waals surface area contributed by atoms with E-state index in [4.69, 9.17) is 20.0 Å². The molecule has 0 bridgehead atoms. The molecule has 1 unspecified atom stereocenters. The molecule has 3 N–H and O–H groups in total. The number of ether oxygens (including phenoxy) is 1. The highest BCUT2D eigenvalue weighted by Crippen LogP contribution is 2.37. The number of morpholine rings is 1. The Kier molecular flexibility index (Phi) is 4.54. The Hall–Kier alpha value is -2.54. The third-order valence-corrected chi connectivity index (χ3v) is 7.03. The van der Waals surface area contributed by atoms with Gasteiger partial charge in [0.05, 0.1) is 31.1 Å². The van der Waals surface area contributed by atoms with Gasteiger partial charge in [-0.25, -0.2) is 10.1 Å². The Morgan fingerprint density at radius 1 is 1.30 bits per heavy atom. The van der Waals surface area contributed by atoms with Crippen LogP contribution >= 0.6 is 0 Å². The fourth-order valence-corrected chi connectivity index (χ4v) is 5.27. The Balaban J connectivity index is 1.76. The second-order valence-electron chi connectivity index (χ2n) is 7.77. The Labute approximate surface area is 174 Å². The highest BCUT2D eigenvalue weighted by atomic mass is 32.2. The maximum Gasteiger partial charge on any atom is 0.277 e. The van der Waals surface area contributed by atoms with Gasteiger partial charge in [0.2, 0.25) is 0 Å². The lowest BCUT2D eigenvalue weighted by atomic mass is 10.0. The van der Waals surface area contributed by atoms with Crippen molar-refractivity contribution in [3.8, 4) is 5.82 Å². The zero-order chi connectivity index (χ0) is 21.0. The van der Waals surface area contributed by atoms with Gasteiger partial charge in [-0.1, -0.05) is 0 Å². The molecule has 5 heterocycles. The highest BCUT2D eigenvalue weighted by Gasteiger charge is 2.34. The first-order valence-corrected chi connectivity index (χ1v) is 11.4. The Morgan fingerprint density at radius 3 is 2.83 bits per heavy atom. The fourth-order valence-electron chi connectivity index (χ4n) is 4.37. The minimum atomic E-state index is -3.86. The number of nitrogens with zero attached hydrogens (tertiary/aromatic N) is 6. The van der Waals surface area contributed by atoms with Crippen molar-refractivity contribution in [2.45, 2.75) is 32.4 Å². The van der Waals surface area contributed by atoms with Crippen molar-refractivity contribution in [3.63, 3.8) is 0 Å². The quantitative estimate of drug-likeness (QED) is 0.615. The molecule has 2 aliphatic heterocycles. The number of H-pyrrole nitrogens is 1. The van der Waals surface area contributed by atoms with E-state index in [0.29, 0.717) is 37.6 Å². The molecule has 1 saturated heterocycles. The van der Waals surface area contributed by atoms with Gasteiger partial charge in [0.15, 0.2) is 11.5 Å². The van der Waals surface area contributed by atoms with E-state index in [1.165, 1.54) is 4.31 Å². The van der Waals surface area contributed by atoms with Crippen LogP contribution in [0.4, 0.5) is 5.82 Å². The molecule has 0 saturated carbocycles. The predicted octanol–water partition coefficient (Wildman–Crippen LogP) is 0.491. The minimum Gasteiger partial charge on any atom is -0.377 e. The number of anilines is 1. The van der Waals surface area contributed by atoms with E-state index in [0.717, 1.165) is 22.5 Å². The van der Waals surface area contributed by atoms with Gasteiger partial charge in [-0.15, -0.1) is 0 Å². The van der Waals surface area contributed by atoms with E-state index in [9.17, 15) is 8.42 Å². The van der Waals surface area contributed by atoms with Crippen molar-refractivity contribution in [2.24, 2.45) is 5.14 Å². The van der Waals surface area contributed by atoms with E-state index < -0.39 is 16.3 Å². The molecule has 5 rings (SSSR count). The van der Waals surface area contributed by atoms with Crippen molar-refractivity contribution >= 4 is 27.1 Å². The largest absolute Gasteiger partial charge is 0.377 e. The SMILES string of the molecule is CC1c2cc(N3CCOC[C@H]3C)nc3c2c(nn3-c2ccn[nH]2)CCN1S(N)(=O)=O. The van der Waals surface area contributed by atoms with Crippen molar-refractivity contribution in [2.75, 3.05) is 31.2 Å². The summed E-state index contributed by atoms with van der Waals surface area (Å²) >= 11 is 0. The molecule has 3 aromatic heterocycles. The molecule has 3 aromatic rings. The second-order valence-corrected chi connectivity index (χ2v) is 9.27. The highest BCUT2D eigenvalue weighted by molar-refractivity contribution is 7.86. The third-order valence-electron chi connectivity index (χ3n) is 5.88. The second kappa shape index (κ2) is 7.01. The standard InChI is InChI=1S/C18H24N8O3S/c1-11-10-29-8-7-24(11)16-9-13-12(2)25(30(19,27)28)6-4-14-17(13)18(21-16)26(23-14)15-3-5-20-22-15/h3,5,9,11-12H,4,6-8,10H2,1-2H3,(H,20,22)(H2,19,27,28)/t11-,12?/m1/s1. The molecule has 0 aliphatic carbocycles. The lowest BCUT2D eigenvalue weighted by Gasteiger charge is -2.35. The first-order valence-electron chi connectivity index (χ1n) is 9.91. The topological polar surface area (TPSA) is 135 Å². The smallest absolute Gasteiger partial charge is 0.277 e. The third kappa shape index (κ3) is 3.07. The Bertz CT molecular complexity index is 1190. The van der Waals surface area contributed by atoms with Crippen LogP contribution in [0.5, 0.6) is 0 Å². The van der Waals surface area contributed by atoms with E-state index in [2.05, 4.69) is 22.0 Å². The first-order chi connectivity index (χ1) is 14.3. The van der Waals surface area contributed by atoms with Crippen LogP contribution in [-0.2, 0) is 21.4 Å². The zero-order valence-corrected chi connectivity index (χ0v) is 17.6. The van der Waals surface area contributed by atoms with Crippen LogP contribution in [-0.4, -0.2) is 70.0 Å². The number of aromatic nitrogens is 5. The molecular weight excluding hydrogens is 408 g/mol. The summed E-state index contributed by atoms with van der Waals surface area (Å²) in [5.74, 6) is 1.47. The normalized spacial score (nSPS) is 23.1. The summed E-state index contributed by atoms with van der Waals surface area (Å²) in [6.07, 6.45) is 2.11. The van der Waals surface area contributed by atoms with E-state index in [1.807, 2.05) is 19.1 Å². The lowest BCUT2D eigenvalue weighted by molar-refractivity contribution is 0.0985. The van der Waals surface area contributed by atoms with Crippen LogP contribution in [0.15, 0.2) is 18.3 Å². The van der Waals surface area contributed by atoms with Gasteiger partial charge in [0.25, 0.3) is 10.2 Å². The molecule has 1 fully saturated rings. The maximum absolute atomic E-state index is 12.3. The van der Waals surface area contributed by atoms with Gasteiger partial charge in [-0.05, 0) is 25.5 Å². The number of hydrogen-bond acceptors (Lipinski definition) is 7. The minimum absolute atomic E-state index is 0.148. The monoisotopic (exact) mass is 432 g/mol. The molecule has 160 valence electrons. The molecule has 0 amide bonds. The van der Waals surface area contributed by atoms with E-state index in [1.54, 1.807) is 10.9 Å². The molecule has 0 aromatic carbocycles. The van der Waals surface area contributed by atoms with Gasteiger partial charge in [0, 0.05) is 37.0 Å². The van der Waals surface area contributed by atoms with Gasteiger partial charge in [0.1, 0.15) is 5.82 Å². The number of rotatable bonds is 3. The van der Waals surface area contributed by atoms with Gasteiger partial charge < -0.3 is 9.64 Å². The van der Waals surface area contributed by atoms with Crippen molar-refractivity contribution in [1.82, 2.24) is 29.3 Å². The number of hydrogen-bond donors (Lipinski definition) is 2. The molecule has 0 spiro atoms. The maximum atomic E-state index is 12.3.